The Balaban J connectivity index is 1.72. The highest BCUT2D eigenvalue weighted by molar-refractivity contribution is 7.89. The van der Waals surface area contributed by atoms with Gasteiger partial charge >= 0.3 is 0 Å². The summed E-state index contributed by atoms with van der Waals surface area (Å²) in [6, 6.07) is 8.70. The summed E-state index contributed by atoms with van der Waals surface area (Å²) >= 11 is 0. The molecule has 1 atom stereocenters. The highest BCUT2D eigenvalue weighted by Crippen LogP contribution is 2.26. The maximum Gasteiger partial charge on any atom is 0.243 e. The Morgan fingerprint density at radius 3 is 2.77 bits per heavy atom. The molecule has 0 amide bonds. The van der Waals surface area contributed by atoms with Crippen molar-refractivity contribution in [2.75, 3.05) is 26.8 Å². The summed E-state index contributed by atoms with van der Waals surface area (Å²) in [5.41, 5.74) is 1.11. The molecule has 1 fully saturated rings. The van der Waals surface area contributed by atoms with E-state index < -0.39 is 10.0 Å². The summed E-state index contributed by atoms with van der Waals surface area (Å²) in [4.78, 5) is 4.92. The van der Waals surface area contributed by atoms with E-state index in [1.165, 1.54) is 0 Å². The van der Waals surface area contributed by atoms with Crippen molar-refractivity contribution in [3.8, 4) is 0 Å². The van der Waals surface area contributed by atoms with E-state index in [-0.39, 0.29) is 5.92 Å². The monoisotopic (exact) mass is 377 g/mol. The van der Waals surface area contributed by atoms with E-state index in [0.717, 1.165) is 37.3 Å². The molecule has 3 rings (SSSR count). The van der Waals surface area contributed by atoms with Crippen LogP contribution in [0.5, 0.6) is 0 Å². The average molecular weight is 378 g/mol. The zero-order valence-electron chi connectivity index (χ0n) is 15.5. The molecule has 6 nitrogen and oxygen atoms in total. The predicted molar refractivity (Wildman–Crippen MR) is 100 cm³/mol. The van der Waals surface area contributed by atoms with Crippen LogP contribution in [0, 0.1) is 12.8 Å². The minimum absolute atomic E-state index is 0.283. The summed E-state index contributed by atoms with van der Waals surface area (Å²) in [6.07, 6.45) is 4.58. The molecule has 2 heterocycles. The van der Waals surface area contributed by atoms with Gasteiger partial charge in [0.2, 0.25) is 10.0 Å². The second kappa shape index (κ2) is 8.33. The molecule has 0 N–H and O–H groups in total. The van der Waals surface area contributed by atoms with Crippen molar-refractivity contribution < 1.29 is 13.2 Å². The van der Waals surface area contributed by atoms with Crippen LogP contribution < -0.4 is 0 Å². The van der Waals surface area contributed by atoms with E-state index in [9.17, 15) is 8.42 Å². The van der Waals surface area contributed by atoms with E-state index in [2.05, 4.69) is 9.55 Å². The minimum Gasteiger partial charge on any atom is -0.383 e. The van der Waals surface area contributed by atoms with E-state index in [1.54, 1.807) is 35.7 Å². The zero-order valence-corrected chi connectivity index (χ0v) is 16.3. The van der Waals surface area contributed by atoms with Crippen LogP contribution in [0.15, 0.2) is 41.4 Å². The fourth-order valence-corrected chi connectivity index (χ4v) is 5.15. The fraction of sp³-hybridized carbons (Fsp3) is 0.526. The number of imidazole rings is 1. The molecular weight excluding hydrogens is 350 g/mol. The Bertz CT molecular complexity index is 818. The van der Waals surface area contributed by atoms with Crippen molar-refractivity contribution in [1.82, 2.24) is 13.9 Å². The number of hydrogen-bond acceptors (Lipinski definition) is 4. The largest absolute Gasteiger partial charge is 0.383 e. The van der Waals surface area contributed by atoms with Gasteiger partial charge in [-0.05, 0) is 37.8 Å². The molecule has 1 aliphatic rings. The third kappa shape index (κ3) is 4.16. The van der Waals surface area contributed by atoms with Crippen molar-refractivity contribution >= 4 is 10.0 Å². The quantitative estimate of drug-likeness (QED) is 0.744. The number of aryl methyl sites for hydroxylation is 1. The van der Waals surface area contributed by atoms with Crippen molar-refractivity contribution in [2.45, 2.75) is 37.6 Å². The van der Waals surface area contributed by atoms with Gasteiger partial charge in [-0.2, -0.15) is 4.31 Å². The lowest BCUT2D eigenvalue weighted by atomic mass is 9.96. The summed E-state index contributed by atoms with van der Waals surface area (Å²) in [5.74, 6) is 1.30. The Kier molecular flexibility index (Phi) is 6.11. The normalized spacial score (nSPS) is 18.9. The van der Waals surface area contributed by atoms with Crippen LogP contribution in [0.4, 0.5) is 0 Å². The molecule has 1 aromatic heterocycles. The maximum absolute atomic E-state index is 12.9. The summed E-state index contributed by atoms with van der Waals surface area (Å²) in [5, 5.41) is 0. The van der Waals surface area contributed by atoms with Crippen LogP contribution in [-0.2, 0) is 27.7 Å². The Hall–Kier alpha value is -1.70. The van der Waals surface area contributed by atoms with E-state index in [4.69, 9.17) is 4.74 Å². The van der Waals surface area contributed by atoms with Gasteiger partial charge in [0.15, 0.2) is 0 Å². The Labute approximate surface area is 155 Å². The zero-order chi connectivity index (χ0) is 18.6. The summed E-state index contributed by atoms with van der Waals surface area (Å²) < 4.78 is 34.8. The molecule has 7 heteroatoms. The lowest BCUT2D eigenvalue weighted by molar-refractivity contribution is 0.184. The lowest BCUT2D eigenvalue weighted by Gasteiger charge is -2.32. The number of aromatic nitrogens is 2. The molecule has 1 aliphatic heterocycles. The second-order valence-electron chi connectivity index (χ2n) is 6.85. The minimum atomic E-state index is -3.42. The van der Waals surface area contributed by atoms with Gasteiger partial charge < -0.3 is 9.30 Å². The first-order valence-electron chi connectivity index (χ1n) is 9.07. The number of sulfonamides is 1. The highest BCUT2D eigenvalue weighted by Gasteiger charge is 2.30. The second-order valence-corrected chi connectivity index (χ2v) is 8.79. The van der Waals surface area contributed by atoms with Crippen LogP contribution in [0.3, 0.4) is 0 Å². The molecule has 0 bridgehead atoms. The van der Waals surface area contributed by atoms with Gasteiger partial charge in [-0.1, -0.05) is 18.2 Å². The predicted octanol–water partition coefficient (Wildman–Crippen LogP) is 2.48. The van der Waals surface area contributed by atoms with Crippen molar-refractivity contribution in [1.29, 1.82) is 0 Å². The first kappa shape index (κ1) is 19.1. The molecule has 0 spiro atoms. The van der Waals surface area contributed by atoms with Crippen molar-refractivity contribution in [3.63, 3.8) is 0 Å². The average Bonchev–Trinajstić information content (AvgIpc) is 3.00. The van der Waals surface area contributed by atoms with Crippen LogP contribution in [0.25, 0.3) is 0 Å². The molecule has 1 unspecified atom stereocenters. The maximum atomic E-state index is 12.9. The van der Waals surface area contributed by atoms with Gasteiger partial charge in [-0.25, -0.2) is 13.4 Å². The third-order valence-corrected chi connectivity index (χ3v) is 6.87. The molecule has 0 radical (unpaired) electrons. The third-order valence-electron chi connectivity index (χ3n) is 4.99. The van der Waals surface area contributed by atoms with Crippen LogP contribution in [0.1, 0.15) is 24.4 Å². The van der Waals surface area contributed by atoms with Crippen molar-refractivity contribution in [3.05, 3.63) is 48.0 Å². The SMILES string of the molecule is COCCn1c(C)cnc1CC1CCCN(S(=O)(=O)c2ccccc2)C1. The topological polar surface area (TPSA) is 64.4 Å². The summed E-state index contributed by atoms with van der Waals surface area (Å²) in [6.45, 7) is 4.59. The number of piperidine rings is 1. The highest BCUT2D eigenvalue weighted by atomic mass is 32.2. The molecule has 0 saturated carbocycles. The molecule has 1 saturated heterocycles. The first-order chi connectivity index (χ1) is 12.5. The number of rotatable bonds is 7. The lowest BCUT2D eigenvalue weighted by Crippen LogP contribution is -2.40. The van der Waals surface area contributed by atoms with E-state index in [1.807, 2.05) is 19.2 Å². The summed E-state index contributed by atoms with van der Waals surface area (Å²) in [7, 11) is -1.73. The van der Waals surface area contributed by atoms with Gasteiger partial charge in [0.1, 0.15) is 5.82 Å². The van der Waals surface area contributed by atoms with E-state index >= 15 is 0 Å². The van der Waals surface area contributed by atoms with Gasteiger partial charge in [-0.3, -0.25) is 0 Å². The Morgan fingerprint density at radius 1 is 1.27 bits per heavy atom. The number of ether oxygens (including phenoxy) is 1. The van der Waals surface area contributed by atoms with Gasteiger partial charge in [0.05, 0.1) is 11.5 Å². The first-order valence-corrected chi connectivity index (χ1v) is 10.5. The number of methoxy groups -OCH3 is 1. The van der Waals surface area contributed by atoms with Crippen LogP contribution in [0.2, 0.25) is 0 Å². The molecule has 26 heavy (non-hydrogen) atoms. The standard InChI is InChI=1S/C19H27N3O3S/c1-16-14-20-19(22(16)11-12-25-2)13-17-7-6-10-21(15-17)26(23,24)18-8-4-3-5-9-18/h3-5,8-9,14,17H,6-7,10-13,15H2,1-2H3. The smallest absolute Gasteiger partial charge is 0.243 e. The van der Waals surface area contributed by atoms with E-state index in [0.29, 0.717) is 24.6 Å². The Morgan fingerprint density at radius 2 is 2.04 bits per heavy atom. The van der Waals surface area contributed by atoms with Gasteiger partial charge in [0, 0.05) is 45.1 Å². The fourth-order valence-electron chi connectivity index (χ4n) is 3.57. The van der Waals surface area contributed by atoms with Crippen molar-refractivity contribution in [2.24, 2.45) is 5.92 Å². The molecular formula is C19H27N3O3S. The molecule has 0 aliphatic carbocycles. The molecule has 2 aromatic rings. The molecule has 1 aromatic carbocycles. The van der Waals surface area contributed by atoms with Gasteiger partial charge in [0.25, 0.3) is 0 Å². The van der Waals surface area contributed by atoms with Crippen LogP contribution >= 0.6 is 0 Å². The van der Waals surface area contributed by atoms with Crippen LogP contribution in [-0.4, -0.2) is 49.1 Å². The molecule has 142 valence electrons. The number of benzene rings is 1. The van der Waals surface area contributed by atoms with Gasteiger partial charge in [-0.15, -0.1) is 0 Å². The number of nitrogens with zero attached hydrogens (tertiary/aromatic N) is 3. The number of hydrogen-bond donors (Lipinski definition) is 0.